The van der Waals surface area contributed by atoms with Crippen molar-refractivity contribution in [1.82, 2.24) is 20.1 Å². The summed E-state index contributed by atoms with van der Waals surface area (Å²) >= 11 is 6.52. The molecule has 12 heteroatoms. The molecule has 5 rings (SSSR count). The van der Waals surface area contributed by atoms with Crippen molar-refractivity contribution >= 4 is 29.2 Å². The Hall–Kier alpha value is -4.14. The van der Waals surface area contributed by atoms with E-state index in [0.717, 1.165) is 51.2 Å². The lowest BCUT2D eigenvalue weighted by molar-refractivity contribution is -0.137. The molecule has 3 aromatic rings. The normalized spacial score (nSPS) is 16.5. The number of pyridine rings is 1. The van der Waals surface area contributed by atoms with Crippen molar-refractivity contribution in [3.05, 3.63) is 93.6 Å². The van der Waals surface area contributed by atoms with Crippen LogP contribution in [0.1, 0.15) is 50.2 Å². The van der Waals surface area contributed by atoms with Crippen LogP contribution in [0.2, 0.25) is 5.02 Å². The zero-order valence-electron chi connectivity index (χ0n) is 23.3. The van der Waals surface area contributed by atoms with Crippen LogP contribution in [0.3, 0.4) is 0 Å². The molecule has 2 aromatic carbocycles. The van der Waals surface area contributed by atoms with Crippen LogP contribution in [0.5, 0.6) is 0 Å². The van der Waals surface area contributed by atoms with Crippen molar-refractivity contribution < 1.29 is 22.8 Å². The zero-order valence-corrected chi connectivity index (χ0v) is 24.0. The predicted octanol–water partition coefficient (Wildman–Crippen LogP) is 4.98. The van der Waals surface area contributed by atoms with Crippen LogP contribution in [-0.2, 0) is 12.7 Å². The quantitative estimate of drug-likeness (QED) is 0.423. The number of halogens is 4. The third kappa shape index (κ3) is 7.27. The van der Waals surface area contributed by atoms with Gasteiger partial charge in [0.05, 0.1) is 27.8 Å². The second-order valence-electron chi connectivity index (χ2n) is 10.6. The number of likely N-dealkylation sites (tertiary alicyclic amines) is 1. The van der Waals surface area contributed by atoms with Gasteiger partial charge in [0.2, 0.25) is 0 Å². The van der Waals surface area contributed by atoms with Gasteiger partial charge >= 0.3 is 6.18 Å². The highest BCUT2D eigenvalue weighted by Gasteiger charge is 2.31. The number of nitrogens with one attached hydrogen (secondary N) is 1. The van der Waals surface area contributed by atoms with Gasteiger partial charge in [-0.25, -0.2) is 4.98 Å². The SMILES string of the molecule is N#Cc1ccc(C(=O)N2CCC(N3CCN(c4ncc(C(=O)NCc5ccc(C(F)(F)F)cc5)cc4Cl)CC3)CC2)cc1. The summed E-state index contributed by atoms with van der Waals surface area (Å²) in [6, 6.07) is 15.4. The van der Waals surface area contributed by atoms with Crippen molar-refractivity contribution in [2.45, 2.75) is 31.6 Å². The number of carbonyl (C=O) groups is 2. The third-order valence-corrected chi connectivity index (χ3v) is 8.24. The molecule has 3 heterocycles. The topological polar surface area (TPSA) is 92.6 Å². The van der Waals surface area contributed by atoms with Gasteiger partial charge in [0.15, 0.2) is 0 Å². The fourth-order valence-corrected chi connectivity index (χ4v) is 5.77. The van der Waals surface area contributed by atoms with Gasteiger partial charge in [0.25, 0.3) is 11.8 Å². The lowest BCUT2D eigenvalue weighted by atomic mass is 10.0. The molecule has 0 unspecified atom stereocenters. The maximum absolute atomic E-state index is 12.9. The molecule has 2 aliphatic rings. The molecular formula is C31H30ClF3N6O2. The summed E-state index contributed by atoms with van der Waals surface area (Å²) in [7, 11) is 0. The van der Waals surface area contributed by atoms with Crippen molar-refractivity contribution in [3.8, 4) is 6.07 Å². The fraction of sp³-hybridized carbons (Fsp3) is 0.355. The number of carbonyl (C=O) groups excluding carboxylic acids is 2. The van der Waals surface area contributed by atoms with Gasteiger partial charge in [0.1, 0.15) is 5.82 Å². The minimum absolute atomic E-state index is 0.00908. The number of nitrogens with zero attached hydrogens (tertiary/aromatic N) is 5. The number of aromatic nitrogens is 1. The second-order valence-corrected chi connectivity index (χ2v) is 11.0. The summed E-state index contributed by atoms with van der Waals surface area (Å²) in [5.74, 6) is 0.170. The van der Waals surface area contributed by atoms with E-state index in [9.17, 15) is 22.8 Å². The molecule has 1 aromatic heterocycles. The fourth-order valence-electron chi connectivity index (χ4n) is 5.49. The average Bonchev–Trinajstić information content (AvgIpc) is 3.03. The van der Waals surface area contributed by atoms with Gasteiger partial charge in [-0.15, -0.1) is 0 Å². The van der Waals surface area contributed by atoms with Crippen LogP contribution >= 0.6 is 11.6 Å². The van der Waals surface area contributed by atoms with Gasteiger partial charge < -0.3 is 15.1 Å². The Morgan fingerprint density at radius 2 is 1.60 bits per heavy atom. The number of hydrogen-bond acceptors (Lipinski definition) is 6. The van der Waals surface area contributed by atoms with Crippen LogP contribution in [0, 0.1) is 11.3 Å². The van der Waals surface area contributed by atoms with Crippen molar-refractivity contribution in [1.29, 1.82) is 5.26 Å². The van der Waals surface area contributed by atoms with Gasteiger partial charge in [-0.2, -0.15) is 18.4 Å². The Morgan fingerprint density at radius 3 is 2.19 bits per heavy atom. The largest absolute Gasteiger partial charge is 0.416 e. The van der Waals surface area contributed by atoms with Gasteiger partial charge in [0, 0.05) is 63.6 Å². The molecule has 2 fully saturated rings. The molecular weight excluding hydrogens is 581 g/mol. The summed E-state index contributed by atoms with van der Waals surface area (Å²) in [6.45, 7) is 4.51. The molecule has 2 saturated heterocycles. The number of benzene rings is 2. The molecule has 1 N–H and O–H groups in total. The molecule has 2 amide bonds. The van der Waals surface area contributed by atoms with E-state index in [4.69, 9.17) is 16.9 Å². The number of amides is 2. The number of anilines is 1. The summed E-state index contributed by atoms with van der Waals surface area (Å²) in [6.07, 6.45) is -1.18. The summed E-state index contributed by atoms with van der Waals surface area (Å²) in [5, 5.41) is 12.0. The summed E-state index contributed by atoms with van der Waals surface area (Å²) in [5.41, 5.74) is 1.19. The van der Waals surface area contributed by atoms with E-state index < -0.39 is 17.6 Å². The lowest BCUT2D eigenvalue weighted by Gasteiger charge is -2.43. The number of hydrogen-bond donors (Lipinski definition) is 1. The number of piperazine rings is 1. The number of piperidine rings is 1. The van der Waals surface area contributed by atoms with E-state index in [2.05, 4.69) is 26.2 Å². The Morgan fingerprint density at radius 1 is 0.953 bits per heavy atom. The molecule has 0 radical (unpaired) electrons. The molecule has 0 atom stereocenters. The van der Waals surface area contributed by atoms with Crippen LogP contribution in [0.15, 0.2) is 60.8 Å². The highest BCUT2D eigenvalue weighted by Crippen LogP contribution is 2.29. The smallest absolute Gasteiger partial charge is 0.353 e. The number of alkyl halides is 3. The molecule has 43 heavy (non-hydrogen) atoms. The second kappa shape index (κ2) is 13.0. The van der Waals surface area contributed by atoms with Gasteiger partial charge in [-0.3, -0.25) is 14.5 Å². The first kappa shape index (κ1) is 30.3. The Kier molecular flexibility index (Phi) is 9.18. The van der Waals surface area contributed by atoms with Gasteiger partial charge in [-0.05, 0) is 60.9 Å². The minimum atomic E-state index is -4.41. The summed E-state index contributed by atoms with van der Waals surface area (Å²) < 4.78 is 38.3. The van der Waals surface area contributed by atoms with E-state index in [1.165, 1.54) is 18.3 Å². The van der Waals surface area contributed by atoms with Crippen molar-refractivity contribution in [3.63, 3.8) is 0 Å². The Balaban J connectivity index is 1.09. The van der Waals surface area contributed by atoms with Crippen LogP contribution < -0.4 is 10.2 Å². The maximum Gasteiger partial charge on any atom is 0.416 e. The van der Waals surface area contributed by atoms with E-state index >= 15 is 0 Å². The monoisotopic (exact) mass is 610 g/mol. The first-order chi connectivity index (χ1) is 20.6. The summed E-state index contributed by atoms with van der Waals surface area (Å²) in [4.78, 5) is 36.4. The Labute approximate surface area is 252 Å². The van der Waals surface area contributed by atoms with E-state index in [-0.39, 0.29) is 18.0 Å². The zero-order chi connectivity index (χ0) is 30.6. The molecule has 0 bridgehead atoms. The number of rotatable bonds is 6. The lowest BCUT2D eigenvalue weighted by Crippen LogP contribution is -2.54. The van der Waals surface area contributed by atoms with E-state index in [1.807, 2.05) is 4.90 Å². The highest BCUT2D eigenvalue weighted by atomic mass is 35.5. The number of nitriles is 1. The predicted molar refractivity (Wildman–Crippen MR) is 156 cm³/mol. The highest BCUT2D eigenvalue weighted by molar-refractivity contribution is 6.33. The Bertz CT molecular complexity index is 1490. The molecule has 0 aliphatic carbocycles. The van der Waals surface area contributed by atoms with Crippen LogP contribution in [0.25, 0.3) is 0 Å². The van der Waals surface area contributed by atoms with Crippen LogP contribution in [-0.4, -0.2) is 71.9 Å². The molecule has 0 spiro atoms. The first-order valence-corrected chi connectivity index (χ1v) is 14.4. The molecule has 2 aliphatic heterocycles. The minimum Gasteiger partial charge on any atom is -0.353 e. The van der Waals surface area contributed by atoms with E-state index in [0.29, 0.717) is 46.7 Å². The van der Waals surface area contributed by atoms with Crippen LogP contribution in [0.4, 0.5) is 19.0 Å². The first-order valence-electron chi connectivity index (χ1n) is 14.0. The molecule has 8 nitrogen and oxygen atoms in total. The average molecular weight is 611 g/mol. The molecule has 0 saturated carbocycles. The van der Waals surface area contributed by atoms with Crippen molar-refractivity contribution in [2.24, 2.45) is 0 Å². The van der Waals surface area contributed by atoms with Crippen molar-refractivity contribution in [2.75, 3.05) is 44.2 Å². The van der Waals surface area contributed by atoms with E-state index in [1.54, 1.807) is 30.3 Å². The standard InChI is InChI=1S/C31H30ClF3N6O2/c32-27-17-24(29(42)38-19-22-3-7-25(8-4-22)31(33,34)35)20-37-28(27)40-15-13-39(14-16-40)26-9-11-41(12-10-26)30(43)23-5-1-21(18-36)2-6-23/h1-8,17,20,26H,9-16,19H2,(H,38,42). The third-order valence-electron chi connectivity index (χ3n) is 7.96. The maximum atomic E-state index is 12.9. The molecule has 224 valence electrons. The van der Waals surface area contributed by atoms with Gasteiger partial charge in [-0.1, -0.05) is 23.7 Å².